The van der Waals surface area contributed by atoms with E-state index in [1.54, 1.807) is 25.1 Å². The zero-order chi connectivity index (χ0) is 18.0. The molecule has 0 saturated carbocycles. The molecule has 0 fully saturated rings. The molecule has 3 aromatic rings. The minimum absolute atomic E-state index is 0.0819. The Bertz CT molecular complexity index is 977. The lowest BCUT2D eigenvalue weighted by Crippen LogP contribution is -2.29. The van der Waals surface area contributed by atoms with Crippen LogP contribution in [-0.4, -0.2) is 15.9 Å². The molecule has 1 aromatic carbocycles. The van der Waals surface area contributed by atoms with Gasteiger partial charge in [-0.3, -0.25) is 9.59 Å². The number of aromatic amines is 1. The monoisotopic (exact) mass is 357 g/mol. The van der Waals surface area contributed by atoms with Gasteiger partial charge in [0.05, 0.1) is 12.2 Å². The van der Waals surface area contributed by atoms with Crippen LogP contribution in [0.15, 0.2) is 40.5 Å². The average Bonchev–Trinajstić information content (AvgIpc) is 3.05. The molecule has 0 aliphatic carbocycles. The van der Waals surface area contributed by atoms with Crippen LogP contribution in [0.2, 0.25) is 0 Å². The fourth-order valence-electron chi connectivity index (χ4n) is 2.29. The summed E-state index contributed by atoms with van der Waals surface area (Å²) in [7, 11) is 0. The zero-order valence-corrected chi connectivity index (χ0v) is 14.5. The Hall–Kier alpha value is -2.80. The minimum Gasteiger partial charge on any atom is -0.345 e. The second kappa shape index (κ2) is 6.98. The van der Waals surface area contributed by atoms with Crippen molar-refractivity contribution < 1.29 is 9.18 Å². The van der Waals surface area contributed by atoms with Crippen molar-refractivity contribution in [2.75, 3.05) is 0 Å². The highest BCUT2D eigenvalue weighted by atomic mass is 32.1. The molecule has 0 aliphatic heterocycles. The Kier molecular flexibility index (Phi) is 4.76. The zero-order valence-electron chi connectivity index (χ0n) is 13.7. The van der Waals surface area contributed by atoms with Gasteiger partial charge in [-0.15, -0.1) is 11.3 Å². The summed E-state index contributed by atoms with van der Waals surface area (Å²) in [5.74, 6) is -0.743. The molecule has 25 heavy (non-hydrogen) atoms. The van der Waals surface area contributed by atoms with E-state index in [4.69, 9.17) is 0 Å². The van der Waals surface area contributed by atoms with E-state index < -0.39 is 11.5 Å². The van der Waals surface area contributed by atoms with Crippen molar-refractivity contribution >= 4 is 17.2 Å². The van der Waals surface area contributed by atoms with Crippen LogP contribution in [0.3, 0.4) is 0 Å². The summed E-state index contributed by atoms with van der Waals surface area (Å²) in [6.07, 6.45) is 0. The molecule has 0 atom stereocenters. The molecular formula is C18H16FN3O2S. The van der Waals surface area contributed by atoms with Crippen molar-refractivity contribution in [1.82, 2.24) is 15.3 Å². The molecule has 0 saturated heterocycles. The van der Waals surface area contributed by atoms with Gasteiger partial charge < -0.3 is 10.3 Å². The first-order valence-corrected chi connectivity index (χ1v) is 8.51. The average molecular weight is 357 g/mol. The Balaban J connectivity index is 1.70. The van der Waals surface area contributed by atoms with Crippen molar-refractivity contribution in [3.8, 4) is 11.3 Å². The molecule has 7 heteroatoms. The van der Waals surface area contributed by atoms with Gasteiger partial charge in [0.1, 0.15) is 16.4 Å². The van der Waals surface area contributed by atoms with Gasteiger partial charge in [-0.1, -0.05) is 0 Å². The molecule has 0 spiro atoms. The number of nitrogens with one attached hydrogen (secondary N) is 2. The second-order valence-electron chi connectivity index (χ2n) is 5.64. The minimum atomic E-state index is -0.442. The standard InChI is InChI=1S/C18H16FN3O2S/c1-10-7-14(18(24)21-11(10)2)17(23)20-8-16-22-15(9-25-16)12-3-5-13(19)6-4-12/h3-7,9H,8H2,1-2H3,(H,20,23)(H,21,24). The number of hydrogen-bond donors (Lipinski definition) is 2. The van der Waals surface area contributed by atoms with Gasteiger partial charge >= 0.3 is 0 Å². The number of pyridine rings is 1. The van der Waals surface area contributed by atoms with E-state index in [0.717, 1.165) is 22.5 Å². The van der Waals surface area contributed by atoms with Gasteiger partial charge in [0, 0.05) is 16.6 Å². The molecule has 2 N–H and O–H groups in total. The molecule has 1 amide bonds. The Labute approximate surface area is 147 Å². The van der Waals surface area contributed by atoms with Gasteiger partial charge in [0.2, 0.25) is 0 Å². The summed E-state index contributed by atoms with van der Waals surface area (Å²) < 4.78 is 13.0. The Morgan fingerprint density at radius 1 is 1.28 bits per heavy atom. The molecule has 3 rings (SSSR count). The predicted octanol–water partition coefficient (Wildman–Crippen LogP) is 3.18. The number of H-pyrrole nitrogens is 1. The molecular weight excluding hydrogens is 341 g/mol. The number of carbonyl (C=O) groups is 1. The first kappa shape index (κ1) is 17.0. The van der Waals surface area contributed by atoms with E-state index in [2.05, 4.69) is 15.3 Å². The number of carbonyl (C=O) groups excluding carboxylic acids is 1. The number of nitrogens with zero attached hydrogens (tertiary/aromatic N) is 1. The van der Waals surface area contributed by atoms with E-state index >= 15 is 0 Å². The summed E-state index contributed by atoms with van der Waals surface area (Å²) in [6.45, 7) is 3.83. The van der Waals surface area contributed by atoms with Crippen molar-refractivity contribution in [2.45, 2.75) is 20.4 Å². The molecule has 2 heterocycles. The number of amides is 1. The number of benzene rings is 1. The molecule has 0 aliphatic rings. The summed E-state index contributed by atoms with van der Waals surface area (Å²) in [5, 5.41) is 5.25. The van der Waals surface area contributed by atoms with E-state index in [-0.39, 0.29) is 17.9 Å². The number of rotatable bonds is 4. The van der Waals surface area contributed by atoms with E-state index in [9.17, 15) is 14.0 Å². The maximum absolute atomic E-state index is 13.0. The summed E-state index contributed by atoms with van der Waals surface area (Å²) in [4.78, 5) is 31.2. The van der Waals surface area contributed by atoms with Crippen LogP contribution in [0.1, 0.15) is 26.6 Å². The van der Waals surface area contributed by atoms with Crippen LogP contribution in [0, 0.1) is 19.7 Å². The number of aryl methyl sites for hydroxylation is 2. The highest BCUT2D eigenvalue weighted by Crippen LogP contribution is 2.22. The molecule has 2 aromatic heterocycles. The molecule has 0 radical (unpaired) electrons. The third kappa shape index (κ3) is 3.83. The number of thiazole rings is 1. The first-order chi connectivity index (χ1) is 11.9. The van der Waals surface area contributed by atoms with Crippen molar-refractivity contribution in [3.05, 3.63) is 73.7 Å². The highest BCUT2D eigenvalue weighted by Gasteiger charge is 2.13. The fraction of sp³-hybridized carbons (Fsp3) is 0.167. The van der Waals surface area contributed by atoms with E-state index in [1.807, 2.05) is 12.3 Å². The quantitative estimate of drug-likeness (QED) is 0.753. The molecule has 5 nitrogen and oxygen atoms in total. The SMILES string of the molecule is Cc1cc(C(=O)NCc2nc(-c3ccc(F)cc3)cs2)c(=O)[nH]c1C. The Morgan fingerprint density at radius 2 is 2.00 bits per heavy atom. The van der Waals surface area contributed by atoms with Crippen molar-refractivity contribution in [2.24, 2.45) is 0 Å². The second-order valence-corrected chi connectivity index (χ2v) is 6.58. The lowest BCUT2D eigenvalue weighted by molar-refractivity contribution is 0.0949. The van der Waals surface area contributed by atoms with Crippen molar-refractivity contribution in [1.29, 1.82) is 0 Å². The normalized spacial score (nSPS) is 10.7. The van der Waals surface area contributed by atoms with Gasteiger partial charge in [-0.2, -0.15) is 0 Å². The van der Waals surface area contributed by atoms with Crippen LogP contribution in [0.4, 0.5) is 4.39 Å². The first-order valence-electron chi connectivity index (χ1n) is 7.63. The number of aromatic nitrogens is 2. The third-order valence-corrected chi connectivity index (χ3v) is 4.68. The van der Waals surface area contributed by atoms with Gasteiger partial charge in [0.25, 0.3) is 11.5 Å². The molecule has 128 valence electrons. The summed E-state index contributed by atoms with van der Waals surface area (Å²) in [5.41, 5.74) is 2.78. The summed E-state index contributed by atoms with van der Waals surface area (Å²) >= 11 is 1.39. The van der Waals surface area contributed by atoms with Crippen LogP contribution < -0.4 is 10.9 Å². The van der Waals surface area contributed by atoms with Gasteiger partial charge in [0.15, 0.2) is 0 Å². The summed E-state index contributed by atoms with van der Waals surface area (Å²) in [6, 6.07) is 7.64. The maximum Gasteiger partial charge on any atom is 0.261 e. The van der Waals surface area contributed by atoms with Gasteiger partial charge in [-0.25, -0.2) is 9.37 Å². The predicted molar refractivity (Wildman–Crippen MR) is 95.2 cm³/mol. The highest BCUT2D eigenvalue weighted by molar-refractivity contribution is 7.09. The number of hydrogen-bond acceptors (Lipinski definition) is 4. The molecule has 0 bridgehead atoms. The maximum atomic E-state index is 13.0. The topological polar surface area (TPSA) is 74.8 Å². The third-order valence-electron chi connectivity index (χ3n) is 3.83. The van der Waals surface area contributed by atoms with Crippen LogP contribution in [0.5, 0.6) is 0 Å². The largest absolute Gasteiger partial charge is 0.345 e. The van der Waals surface area contributed by atoms with Crippen LogP contribution in [-0.2, 0) is 6.54 Å². The van der Waals surface area contributed by atoms with Crippen LogP contribution >= 0.6 is 11.3 Å². The van der Waals surface area contributed by atoms with E-state index in [1.165, 1.54) is 23.5 Å². The molecule has 0 unspecified atom stereocenters. The van der Waals surface area contributed by atoms with Crippen molar-refractivity contribution in [3.63, 3.8) is 0 Å². The lowest BCUT2D eigenvalue weighted by atomic mass is 10.1. The smallest absolute Gasteiger partial charge is 0.261 e. The Morgan fingerprint density at radius 3 is 2.72 bits per heavy atom. The fourth-order valence-corrected chi connectivity index (χ4v) is 3.03. The lowest BCUT2D eigenvalue weighted by Gasteiger charge is -2.05. The van der Waals surface area contributed by atoms with Crippen LogP contribution in [0.25, 0.3) is 11.3 Å². The van der Waals surface area contributed by atoms with E-state index in [0.29, 0.717) is 5.01 Å². The van der Waals surface area contributed by atoms with Gasteiger partial charge in [-0.05, 0) is 49.7 Å². The number of halogens is 1.